The van der Waals surface area contributed by atoms with Crippen molar-refractivity contribution in [2.75, 3.05) is 36.4 Å². The molecule has 1 saturated heterocycles. The van der Waals surface area contributed by atoms with Crippen molar-refractivity contribution in [1.82, 2.24) is 15.0 Å². The number of piperazine rings is 1. The van der Waals surface area contributed by atoms with Gasteiger partial charge in [0.15, 0.2) is 0 Å². The maximum Gasteiger partial charge on any atom is 0.321 e. The molecule has 1 aliphatic heterocycles. The topological polar surface area (TPSA) is 74.5 Å². The van der Waals surface area contributed by atoms with Gasteiger partial charge in [-0.25, -0.2) is 4.79 Å². The van der Waals surface area contributed by atoms with Gasteiger partial charge in [-0.1, -0.05) is 11.2 Å². The summed E-state index contributed by atoms with van der Waals surface area (Å²) in [4.78, 5) is 21.0. The van der Waals surface area contributed by atoms with Gasteiger partial charge in [0, 0.05) is 50.0 Å². The lowest BCUT2D eigenvalue weighted by Crippen LogP contribution is -2.50. The van der Waals surface area contributed by atoms with Crippen LogP contribution in [0.5, 0.6) is 0 Å². The van der Waals surface area contributed by atoms with Crippen LogP contribution in [0.25, 0.3) is 11.4 Å². The molecule has 1 fully saturated rings. The van der Waals surface area contributed by atoms with Crippen LogP contribution in [0.4, 0.5) is 16.2 Å². The molecule has 1 N–H and O–H groups in total. The molecule has 1 aromatic heterocycles. The summed E-state index contributed by atoms with van der Waals surface area (Å²) in [5.74, 6) is 1.15. The Bertz CT molecular complexity index is 984. The van der Waals surface area contributed by atoms with Gasteiger partial charge in [0.1, 0.15) is 0 Å². The number of nitrogens with one attached hydrogen (secondary N) is 1. The first-order valence-corrected chi connectivity index (χ1v) is 9.78. The van der Waals surface area contributed by atoms with Crippen molar-refractivity contribution in [1.29, 1.82) is 0 Å². The van der Waals surface area contributed by atoms with E-state index in [4.69, 9.17) is 4.52 Å². The quantitative estimate of drug-likeness (QED) is 0.730. The summed E-state index contributed by atoms with van der Waals surface area (Å²) in [5.41, 5.74) is 5.19. The second kappa shape index (κ2) is 7.95. The third kappa shape index (κ3) is 4.39. The summed E-state index contributed by atoms with van der Waals surface area (Å²) in [6, 6.07) is 14.2. The van der Waals surface area contributed by atoms with Gasteiger partial charge in [-0.05, 0) is 61.4 Å². The molecule has 0 spiro atoms. The van der Waals surface area contributed by atoms with Crippen molar-refractivity contribution < 1.29 is 9.32 Å². The lowest BCUT2D eigenvalue weighted by atomic mass is 10.1. The predicted molar refractivity (Wildman–Crippen MR) is 113 cm³/mol. The van der Waals surface area contributed by atoms with Crippen molar-refractivity contribution in [3.63, 3.8) is 0 Å². The molecule has 3 aromatic rings. The van der Waals surface area contributed by atoms with Crippen molar-refractivity contribution in [3.8, 4) is 11.4 Å². The monoisotopic (exact) mass is 391 g/mol. The molecule has 4 rings (SSSR count). The Hall–Kier alpha value is -3.35. The minimum atomic E-state index is -0.0440. The first-order valence-electron chi connectivity index (χ1n) is 9.78. The summed E-state index contributed by atoms with van der Waals surface area (Å²) in [6.45, 7) is 8.80. The van der Waals surface area contributed by atoms with E-state index in [9.17, 15) is 4.79 Å². The first-order chi connectivity index (χ1) is 14.0. The summed E-state index contributed by atoms with van der Waals surface area (Å²) in [6.07, 6.45) is 0. The zero-order valence-corrected chi connectivity index (χ0v) is 17.0. The van der Waals surface area contributed by atoms with Gasteiger partial charge in [-0.15, -0.1) is 0 Å². The molecule has 150 valence electrons. The zero-order valence-electron chi connectivity index (χ0n) is 17.0. The van der Waals surface area contributed by atoms with E-state index in [1.54, 1.807) is 6.92 Å². The van der Waals surface area contributed by atoms with Gasteiger partial charge >= 0.3 is 6.03 Å². The van der Waals surface area contributed by atoms with E-state index in [2.05, 4.69) is 38.6 Å². The summed E-state index contributed by atoms with van der Waals surface area (Å²) in [5, 5.41) is 6.97. The zero-order chi connectivity index (χ0) is 20.4. The molecule has 2 heterocycles. The maximum absolute atomic E-state index is 12.6. The van der Waals surface area contributed by atoms with Crippen LogP contribution in [-0.4, -0.2) is 47.3 Å². The van der Waals surface area contributed by atoms with Crippen LogP contribution >= 0.6 is 0 Å². The van der Waals surface area contributed by atoms with Crippen molar-refractivity contribution >= 4 is 17.4 Å². The number of hydrogen-bond acceptors (Lipinski definition) is 5. The fourth-order valence-corrected chi connectivity index (χ4v) is 3.65. The first kappa shape index (κ1) is 19.0. The van der Waals surface area contributed by atoms with Gasteiger partial charge in [0.05, 0.1) is 0 Å². The highest BCUT2D eigenvalue weighted by molar-refractivity contribution is 5.89. The lowest BCUT2D eigenvalue weighted by molar-refractivity contribution is 0.208. The Kier molecular flexibility index (Phi) is 5.20. The van der Waals surface area contributed by atoms with Gasteiger partial charge in [-0.3, -0.25) is 0 Å². The van der Waals surface area contributed by atoms with Crippen LogP contribution in [0.1, 0.15) is 17.0 Å². The molecule has 0 saturated carbocycles. The Morgan fingerprint density at radius 2 is 1.62 bits per heavy atom. The van der Waals surface area contributed by atoms with E-state index in [-0.39, 0.29) is 6.03 Å². The molecular weight excluding hydrogens is 366 g/mol. The van der Waals surface area contributed by atoms with Gasteiger partial charge in [0.2, 0.25) is 11.7 Å². The van der Waals surface area contributed by atoms with E-state index in [0.717, 1.165) is 41.2 Å². The van der Waals surface area contributed by atoms with E-state index in [0.29, 0.717) is 24.8 Å². The highest BCUT2D eigenvalue weighted by atomic mass is 16.5. The number of aromatic nitrogens is 2. The summed E-state index contributed by atoms with van der Waals surface area (Å²) >= 11 is 0. The number of rotatable bonds is 3. The molecule has 7 nitrogen and oxygen atoms in total. The van der Waals surface area contributed by atoms with Crippen LogP contribution in [0.15, 0.2) is 47.0 Å². The second-order valence-electron chi connectivity index (χ2n) is 7.46. The Morgan fingerprint density at radius 1 is 0.966 bits per heavy atom. The maximum atomic E-state index is 12.6. The van der Waals surface area contributed by atoms with E-state index in [1.165, 1.54) is 0 Å². The number of hydrogen-bond donors (Lipinski definition) is 1. The van der Waals surface area contributed by atoms with Crippen LogP contribution in [-0.2, 0) is 0 Å². The van der Waals surface area contributed by atoms with Gasteiger partial charge in [-0.2, -0.15) is 4.98 Å². The van der Waals surface area contributed by atoms with Crippen molar-refractivity contribution in [2.45, 2.75) is 20.8 Å². The molecular formula is C22H25N5O2. The number of carbonyl (C=O) groups excluding carboxylic acids is 1. The standard InChI is InChI=1S/C22H25N5O2/c1-15-12-16(2)14-19(13-15)24-22(28)27-10-8-26(9-11-27)20-6-4-18(5-7-20)21-23-17(3)29-25-21/h4-7,12-14H,8-11H2,1-3H3,(H,24,28). The minimum absolute atomic E-state index is 0.0440. The lowest BCUT2D eigenvalue weighted by Gasteiger charge is -2.36. The average Bonchev–Trinajstić information content (AvgIpc) is 3.14. The third-order valence-corrected chi connectivity index (χ3v) is 5.06. The number of carbonyl (C=O) groups is 1. The molecule has 0 aliphatic carbocycles. The number of benzene rings is 2. The highest BCUT2D eigenvalue weighted by Gasteiger charge is 2.21. The summed E-state index contributed by atoms with van der Waals surface area (Å²) < 4.78 is 5.04. The molecule has 29 heavy (non-hydrogen) atoms. The highest BCUT2D eigenvalue weighted by Crippen LogP contribution is 2.22. The number of anilines is 2. The normalized spacial score (nSPS) is 14.2. The Morgan fingerprint density at radius 3 is 2.21 bits per heavy atom. The summed E-state index contributed by atoms with van der Waals surface area (Å²) in [7, 11) is 0. The molecule has 2 amide bonds. The van der Waals surface area contributed by atoms with Crippen LogP contribution in [0.3, 0.4) is 0 Å². The Balaban J connectivity index is 1.34. The van der Waals surface area contributed by atoms with Crippen LogP contribution in [0.2, 0.25) is 0 Å². The Labute approximate surface area is 170 Å². The molecule has 7 heteroatoms. The van der Waals surface area contributed by atoms with Crippen LogP contribution < -0.4 is 10.2 Å². The number of aryl methyl sites for hydroxylation is 3. The smallest absolute Gasteiger partial charge is 0.321 e. The fourth-order valence-electron chi connectivity index (χ4n) is 3.65. The molecule has 1 aliphatic rings. The molecule has 0 radical (unpaired) electrons. The largest absolute Gasteiger partial charge is 0.368 e. The average molecular weight is 391 g/mol. The van der Waals surface area contributed by atoms with E-state index in [1.807, 2.05) is 43.0 Å². The van der Waals surface area contributed by atoms with E-state index >= 15 is 0 Å². The van der Waals surface area contributed by atoms with Crippen LogP contribution in [0, 0.1) is 20.8 Å². The van der Waals surface area contributed by atoms with Gasteiger partial charge < -0.3 is 19.6 Å². The molecule has 0 unspecified atom stereocenters. The molecule has 0 bridgehead atoms. The number of nitrogens with zero attached hydrogens (tertiary/aromatic N) is 4. The predicted octanol–water partition coefficient (Wildman–Crippen LogP) is 4.02. The van der Waals surface area contributed by atoms with Crippen molar-refractivity contribution in [2.24, 2.45) is 0 Å². The fraction of sp³-hybridized carbons (Fsp3) is 0.318. The van der Waals surface area contributed by atoms with Gasteiger partial charge in [0.25, 0.3) is 0 Å². The number of amides is 2. The third-order valence-electron chi connectivity index (χ3n) is 5.06. The second-order valence-corrected chi connectivity index (χ2v) is 7.46. The molecule has 0 atom stereocenters. The molecule has 2 aromatic carbocycles. The minimum Gasteiger partial charge on any atom is -0.368 e. The van der Waals surface area contributed by atoms with E-state index < -0.39 is 0 Å². The number of urea groups is 1. The van der Waals surface area contributed by atoms with Crippen molar-refractivity contribution in [3.05, 3.63) is 59.5 Å². The SMILES string of the molecule is Cc1cc(C)cc(NC(=O)N2CCN(c3ccc(-c4noc(C)n4)cc3)CC2)c1.